The van der Waals surface area contributed by atoms with E-state index in [1.807, 2.05) is 30.0 Å². The van der Waals surface area contributed by atoms with E-state index in [9.17, 15) is 4.79 Å². The summed E-state index contributed by atoms with van der Waals surface area (Å²) in [6, 6.07) is 4.45. The van der Waals surface area contributed by atoms with Crippen molar-refractivity contribution in [2.24, 2.45) is 4.99 Å². The Kier molecular flexibility index (Phi) is 9.17. The quantitative estimate of drug-likeness (QED) is 0.252. The average molecular weight is 548 g/mol. The van der Waals surface area contributed by atoms with E-state index in [0.29, 0.717) is 30.8 Å². The number of nitrogens with zero attached hydrogens (tertiary/aromatic N) is 2. The highest BCUT2D eigenvalue weighted by Gasteiger charge is 2.39. The number of carbonyl (C=O) groups excluding carboxylic acids is 1. The van der Waals surface area contributed by atoms with E-state index in [2.05, 4.69) is 22.5 Å². The van der Waals surface area contributed by atoms with E-state index in [-0.39, 0.29) is 11.9 Å². The summed E-state index contributed by atoms with van der Waals surface area (Å²) >= 11 is 5.20. The molecule has 2 aliphatic carbocycles. The summed E-state index contributed by atoms with van der Waals surface area (Å²) in [6.07, 6.45) is 15.5. The second-order valence-corrected chi connectivity index (χ2v) is 11.0. The van der Waals surface area contributed by atoms with Gasteiger partial charge in [0.15, 0.2) is 16.7 Å². The predicted molar refractivity (Wildman–Crippen MR) is 145 cm³/mol. The number of amidine groups is 1. The topological polar surface area (TPSA) is 51.1 Å². The van der Waals surface area contributed by atoms with Crippen LogP contribution in [-0.4, -0.2) is 41.3 Å². The smallest absolute Gasteiger partial charge is 0.267 e. The lowest BCUT2D eigenvalue weighted by molar-refractivity contribution is -0.124. The molecular formula is C27H35BrN2O3S. The number of halogens is 1. The maximum Gasteiger partial charge on any atom is 0.267 e. The number of rotatable bonds is 8. The van der Waals surface area contributed by atoms with E-state index in [1.54, 1.807) is 6.08 Å². The number of hydrogen-bond donors (Lipinski definition) is 0. The summed E-state index contributed by atoms with van der Waals surface area (Å²) in [5, 5.41) is 0.905. The monoisotopic (exact) mass is 546 g/mol. The highest BCUT2D eigenvalue weighted by molar-refractivity contribution is 9.10. The van der Waals surface area contributed by atoms with E-state index in [0.717, 1.165) is 45.8 Å². The molecule has 0 N–H and O–H groups in total. The third-order valence-corrected chi connectivity index (χ3v) is 8.33. The zero-order chi connectivity index (χ0) is 23.9. The Morgan fingerprint density at radius 2 is 1.76 bits per heavy atom. The molecule has 0 aromatic heterocycles. The molecule has 5 nitrogen and oxygen atoms in total. The van der Waals surface area contributed by atoms with Gasteiger partial charge >= 0.3 is 0 Å². The summed E-state index contributed by atoms with van der Waals surface area (Å²) in [6.45, 7) is 6.60. The van der Waals surface area contributed by atoms with Gasteiger partial charge in [-0.15, -0.1) is 0 Å². The molecular weight excluding hydrogens is 512 g/mol. The van der Waals surface area contributed by atoms with Gasteiger partial charge in [-0.05, 0) is 68.1 Å². The molecule has 7 heteroatoms. The minimum absolute atomic E-state index is 0.0864. The van der Waals surface area contributed by atoms with Crippen LogP contribution in [0.25, 0.3) is 6.08 Å². The molecule has 0 spiro atoms. The molecule has 3 fully saturated rings. The van der Waals surface area contributed by atoms with Crippen molar-refractivity contribution in [2.75, 3.05) is 13.2 Å². The normalized spacial score (nSPS) is 22.5. The van der Waals surface area contributed by atoms with E-state index < -0.39 is 0 Å². The van der Waals surface area contributed by atoms with Gasteiger partial charge in [-0.25, -0.2) is 0 Å². The first-order valence-corrected chi connectivity index (χ1v) is 14.2. The van der Waals surface area contributed by atoms with Crippen molar-refractivity contribution in [3.05, 3.63) is 39.7 Å². The SMILES string of the molecule is C=CCOc1cc(Br)c(C=C2SC(=NC3CCCCC3)N(C3CCCCC3)C2=O)cc1OCC. The molecule has 184 valence electrons. The number of hydrogen-bond acceptors (Lipinski definition) is 5. The molecule has 1 saturated heterocycles. The molecule has 1 aromatic rings. The Balaban J connectivity index is 1.65. The van der Waals surface area contributed by atoms with Crippen molar-refractivity contribution in [1.29, 1.82) is 0 Å². The van der Waals surface area contributed by atoms with Crippen molar-refractivity contribution in [3.8, 4) is 11.5 Å². The fraction of sp³-hybridized carbons (Fsp3) is 0.556. The minimum Gasteiger partial charge on any atom is -0.490 e. The van der Waals surface area contributed by atoms with E-state index in [4.69, 9.17) is 14.5 Å². The van der Waals surface area contributed by atoms with Crippen molar-refractivity contribution >= 4 is 44.8 Å². The number of aliphatic imine (C=N–C) groups is 1. The number of thioether (sulfide) groups is 1. The molecule has 34 heavy (non-hydrogen) atoms. The Morgan fingerprint density at radius 1 is 1.09 bits per heavy atom. The fourth-order valence-electron chi connectivity index (χ4n) is 4.94. The first-order valence-electron chi connectivity index (χ1n) is 12.6. The molecule has 1 aliphatic heterocycles. The second-order valence-electron chi connectivity index (χ2n) is 9.13. The fourth-order valence-corrected chi connectivity index (χ4v) is 6.47. The van der Waals surface area contributed by atoms with Gasteiger partial charge in [0.2, 0.25) is 0 Å². The highest BCUT2D eigenvalue weighted by atomic mass is 79.9. The zero-order valence-electron chi connectivity index (χ0n) is 20.1. The molecule has 2 saturated carbocycles. The van der Waals surface area contributed by atoms with Crippen LogP contribution in [0.15, 0.2) is 39.2 Å². The Bertz CT molecular complexity index is 949. The largest absolute Gasteiger partial charge is 0.490 e. The summed E-state index contributed by atoms with van der Waals surface area (Å²) in [4.78, 5) is 21.5. The van der Waals surface area contributed by atoms with Crippen LogP contribution in [-0.2, 0) is 4.79 Å². The number of amides is 1. The molecule has 1 amide bonds. The molecule has 0 radical (unpaired) electrons. The first-order chi connectivity index (χ1) is 16.6. The highest BCUT2D eigenvalue weighted by Crippen LogP contribution is 2.41. The van der Waals surface area contributed by atoms with Crippen LogP contribution >= 0.6 is 27.7 Å². The second kappa shape index (κ2) is 12.3. The van der Waals surface area contributed by atoms with Crippen LogP contribution in [0.5, 0.6) is 11.5 Å². The van der Waals surface area contributed by atoms with Gasteiger partial charge in [-0.1, -0.05) is 67.1 Å². The Labute approximate surface area is 216 Å². The number of carbonyl (C=O) groups is 1. The molecule has 0 unspecified atom stereocenters. The maximum absolute atomic E-state index is 13.7. The standard InChI is InChI=1S/C27H35BrN2O3S/c1-3-15-33-24-18-22(28)19(16-23(24)32-4-2)17-25-26(31)30(21-13-9-6-10-14-21)27(34-25)29-20-11-7-5-8-12-20/h3,16-18,20-21H,1,4-15H2,2H3. The van der Waals surface area contributed by atoms with Crippen LogP contribution in [0.4, 0.5) is 0 Å². The lowest BCUT2D eigenvalue weighted by atomic mass is 9.94. The lowest BCUT2D eigenvalue weighted by Crippen LogP contribution is -2.41. The van der Waals surface area contributed by atoms with Crippen LogP contribution in [0.3, 0.4) is 0 Å². The third-order valence-electron chi connectivity index (χ3n) is 6.65. The Morgan fingerprint density at radius 3 is 2.44 bits per heavy atom. The first kappa shape index (κ1) is 25.4. The van der Waals surface area contributed by atoms with Crippen LogP contribution in [0.2, 0.25) is 0 Å². The lowest BCUT2D eigenvalue weighted by Gasteiger charge is -2.31. The van der Waals surface area contributed by atoms with Gasteiger partial charge in [-0.3, -0.25) is 14.7 Å². The molecule has 1 heterocycles. The van der Waals surface area contributed by atoms with E-state index >= 15 is 0 Å². The summed E-state index contributed by atoms with van der Waals surface area (Å²) < 4.78 is 12.5. The van der Waals surface area contributed by atoms with E-state index in [1.165, 1.54) is 50.3 Å². The van der Waals surface area contributed by atoms with Crippen LogP contribution in [0, 0.1) is 0 Å². The molecule has 4 rings (SSSR count). The van der Waals surface area contributed by atoms with Gasteiger partial charge in [0.25, 0.3) is 5.91 Å². The van der Waals surface area contributed by atoms with Crippen molar-refractivity contribution in [1.82, 2.24) is 4.90 Å². The molecule has 0 bridgehead atoms. The van der Waals surface area contributed by atoms with Crippen molar-refractivity contribution in [2.45, 2.75) is 83.2 Å². The summed E-state index contributed by atoms with van der Waals surface area (Å²) in [5.41, 5.74) is 0.896. The van der Waals surface area contributed by atoms with Gasteiger partial charge in [-0.2, -0.15) is 0 Å². The number of ether oxygens (including phenoxy) is 2. The van der Waals surface area contributed by atoms with Crippen molar-refractivity contribution in [3.63, 3.8) is 0 Å². The Hall–Kier alpha value is -1.73. The van der Waals surface area contributed by atoms with Crippen LogP contribution in [0.1, 0.15) is 76.7 Å². The van der Waals surface area contributed by atoms with Gasteiger partial charge < -0.3 is 9.47 Å². The van der Waals surface area contributed by atoms with Crippen molar-refractivity contribution < 1.29 is 14.3 Å². The van der Waals surface area contributed by atoms with Crippen LogP contribution < -0.4 is 9.47 Å². The molecule has 3 aliphatic rings. The summed E-state index contributed by atoms with van der Waals surface area (Å²) in [5.74, 6) is 1.41. The molecule has 0 atom stereocenters. The zero-order valence-corrected chi connectivity index (χ0v) is 22.5. The third kappa shape index (κ3) is 6.09. The van der Waals surface area contributed by atoms with Gasteiger partial charge in [0.05, 0.1) is 17.6 Å². The number of benzene rings is 1. The van der Waals surface area contributed by atoms with Gasteiger partial charge in [0, 0.05) is 10.5 Å². The van der Waals surface area contributed by atoms with Gasteiger partial charge in [0.1, 0.15) is 6.61 Å². The minimum atomic E-state index is 0.0864. The predicted octanol–water partition coefficient (Wildman–Crippen LogP) is 7.35. The maximum atomic E-state index is 13.7. The summed E-state index contributed by atoms with van der Waals surface area (Å²) in [7, 11) is 0. The average Bonchev–Trinajstić information content (AvgIpc) is 3.15. The molecule has 1 aromatic carbocycles.